The Labute approximate surface area is 150 Å². The van der Waals surface area contributed by atoms with Crippen LogP contribution >= 0.6 is 0 Å². The predicted molar refractivity (Wildman–Crippen MR) is 88.5 cm³/mol. The summed E-state index contributed by atoms with van der Waals surface area (Å²) in [6, 6.07) is -0.842. The topological polar surface area (TPSA) is 136 Å². The molecule has 1 atom stereocenters. The summed E-state index contributed by atoms with van der Waals surface area (Å²) in [4.78, 5) is 60.2. The second kappa shape index (κ2) is 8.97. The second-order valence-corrected chi connectivity index (χ2v) is 6.08. The minimum Gasteiger partial charge on any atom is -0.480 e. The number of aliphatic carboxylic acids is 1. The highest BCUT2D eigenvalue weighted by molar-refractivity contribution is 5.93. The van der Waals surface area contributed by atoms with Gasteiger partial charge in [-0.25, -0.2) is 4.79 Å². The minimum absolute atomic E-state index is 0.146. The van der Waals surface area contributed by atoms with Gasteiger partial charge in [-0.2, -0.15) is 0 Å². The summed E-state index contributed by atoms with van der Waals surface area (Å²) < 4.78 is 0. The van der Waals surface area contributed by atoms with E-state index in [2.05, 4.69) is 10.6 Å². The molecule has 0 aliphatic carbocycles. The van der Waals surface area contributed by atoms with Crippen LogP contribution in [0.4, 0.5) is 0 Å². The van der Waals surface area contributed by atoms with Gasteiger partial charge in [-0.3, -0.25) is 19.2 Å². The smallest absolute Gasteiger partial charge is 0.326 e. The van der Waals surface area contributed by atoms with Gasteiger partial charge in [0.2, 0.25) is 24.1 Å². The van der Waals surface area contributed by atoms with E-state index < -0.39 is 23.8 Å². The van der Waals surface area contributed by atoms with E-state index >= 15 is 0 Å². The molecule has 2 heterocycles. The number of carbonyl (C=O) groups excluding carboxylic acids is 4. The zero-order chi connectivity index (χ0) is 19.1. The number of carbonyl (C=O) groups is 5. The molecule has 2 saturated heterocycles. The Kier molecular flexibility index (Phi) is 6.70. The lowest BCUT2D eigenvalue weighted by atomic mass is 10.2. The van der Waals surface area contributed by atoms with E-state index in [9.17, 15) is 24.0 Å². The number of likely N-dealkylation sites (tertiary alicyclic amines) is 2. The molecule has 2 aliphatic heterocycles. The Bertz CT molecular complexity index is 632. The van der Waals surface area contributed by atoms with Crippen LogP contribution in [-0.2, 0) is 24.0 Å². The number of amides is 4. The van der Waals surface area contributed by atoms with E-state index in [-0.39, 0.29) is 19.0 Å². The quantitative estimate of drug-likeness (QED) is 0.368. The normalized spacial score (nSPS) is 20.9. The molecule has 0 radical (unpaired) electrons. The van der Waals surface area contributed by atoms with Crippen molar-refractivity contribution in [2.24, 2.45) is 0 Å². The second-order valence-electron chi connectivity index (χ2n) is 6.08. The first kappa shape index (κ1) is 19.4. The lowest BCUT2D eigenvalue weighted by Crippen LogP contribution is -2.45. The van der Waals surface area contributed by atoms with Crippen LogP contribution in [0.25, 0.3) is 0 Å². The van der Waals surface area contributed by atoms with Crippen LogP contribution in [0.5, 0.6) is 0 Å². The van der Waals surface area contributed by atoms with Gasteiger partial charge < -0.3 is 25.5 Å². The molecule has 2 rings (SSSR count). The van der Waals surface area contributed by atoms with E-state index in [4.69, 9.17) is 5.11 Å². The van der Waals surface area contributed by atoms with Crippen molar-refractivity contribution in [2.75, 3.05) is 26.2 Å². The molecule has 4 amide bonds. The lowest BCUT2D eigenvalue weighted by Gasteiger charge is -2.21. The molecular formula is C16H22N4O6. The molecule has 142 valence electrons. The first-order valence-corrected chi connectivity index (χ1v) is 8.42. The number of nitrogens with zero attached hydrogens (tertiary/aromatic N) is 2. The van der Waals surface area contributed by atoms with Gasteiger partial charge in [-0.05, 0) is 25.7 Å². The maximum Gasteiger partial charge on any atom is 0.326 e. The summed E-state index contributed by atoms with van der Waals surface area (Å²) in [6.45, 7) is 0.379. The molecular weight excluding hydrogens is 344 g/mol. The van der Waals surface area contributed by atoms with Gasteiger partial charge in [0.15, 0.2) is 0 Å². The van der Waals surface area contributed by atoms with Gasteiger partial charge in [0, 0.05) is 24.9 Å². The lowest BCUT2D eigenvalue weighted by molar-refractivity contribution is -0.148. The van der Waals surface area contributed by atoms with E-state index in [0.29, 0.717) is 50.9 Å². The summed E-state index contributed by atoms with van der Waals surface area (Å²) in [5.74, 6) is -2.34. The Morgan fingerprint density at radius 3 is 2.58 bits per heavy atom. The van der Waals surface area contributed by atoms with Crippen LogP contribution in [0.3, 0.4) is 0 Å². The summed E-state index contributed by atoms with van der Waals surface area (Å²) >= 11 is 0. The van der Waals surface area contributed by atoms with E-state index in [1.165, 1.54) is 15.9 Å². The fourth-order valence-electron chi connectivity index (χ4n) is 3.14. The first-order valence-electron chi connectivity index (χ1n) is 8.42. The van der Waals surface area contributed by atoms with Crippen LogP contribution in [0.15, 0.2) is 11.8 Å². The van der Waals surface area contributed by atoms with Crippen LogP contribution in [0, 0.1) is 0 Å². The molecule has 10 heteroatoms. The highest BCUT2D eigenvalue weighted by Crippen LogP contribution is 2.21. The number of hydrogen-bond donors (Lipinski definition) is 3. The molecule has 0 saturated carbocycles. The average Bonchev–Trinajstić information content (AvgIpc) is 3.26. The van der Waals surface area contributed by atoms with Crippen LogP contribution in [-0.4, -0.2) is 77.2 Å². The number of rotatable bonds is 7. The molecule has 3 N–H and O–H groups in total. The van der Waals surface area contributed by atoms with Gasteiger partial charge in [0.05, 0.1) is 13.1 Å². The molecule has 0 spiro atoms. The van der Waals surface area contributed by atoms with Gasteiger partial charge in [0.1, 0.15) is 6.04 Å². The molecule has 0 aromatic carbocycles. The van der Waals surface area contributed by atoms with Crippen molar-refractivity contribution in [3.63, 3.8) is 0 Å². The SMILES string of the molecule is O=CNCC(=O)N1CCC/C1=C/C(=O)NCC(=O)N1CCCC1C(=O)O. The fourth-order valence-corrected chi connectivity index (χ4v) is 3.14. The number of carboxylic acids is 1. The number of hydrogen-bond acceptors (Lipinski definition) is 5. The summed E-state index contributed by atoms with van der Waals surface area (Å²) in [5.41, 5.74) is 0.525. The van der Waals surface area contributed by atoms with E-state index in [1.807, 2.05) is 0 Å². The van der Waals surface area contributed by atoms with Crippen molar-refractivity contribution in [3.8, 4) is 0 Å². The number of carboxylic acid groups (broad SMARTS) is 1. The van der Waals surface area contributed by atoms with Crippen molar-refractivity contribution >= 4 is 30.1 Å². The number of nitrogens with one attached hydrogen (secondary N) is 2. The molecule has 0 aromatic heterocycles. The van der Waals surface area contributed by atoms with Gasteiger partial charge in [0.25, 0.3) is 0 Å². The minimum atomic E-state index is -1.05. The highest BCUT2D eigenvalue weighted by Gasteiger charge is 2.33. The maximum absolute atomic E-state index is 12.1. The van der Waals surface area contributed by atoms with E-state index in [1.54, 1.807) is 0 Å². The van der Waals surface area contributed by atoms with Crippen molar-refractivity contribution in [3.05, 3.63) is 11.8 Å². The predicted octanol–water partition coefficient (Wildman–Crippen LogP) is -1.57. The standard InChI is InChI=1S/C16H22N4O6/c21-10-17-8-14(23)19-5-1-3-11(19)7-13(22)18-9-15(24)20-6-2-4-12(20)16(25)26/h7,10,12H,1-6,8-9H2,(H,17,21)(H,18,22)(H,25,26)/b11-7-. The molecule has 2 fully saturated rings. The average molecular weight is 366 g/mol. The zero-order valence-electron chi connectivity index (χ0n) is 14.3. The molecule has 26 heavy (non-hydrogen) atoms. The number of allylic oxidation sites excluding steroid dienone is 1. The molecule has 0 bridgehead atoms. The summed E-state index contributed by atoms with van der Waals surface area (Å²) in [6.07, 6.45) is 3.97. The highest BCUT2D eigenvalue weighted by atomic mass is 16.4. The largest absolute Gasteiger partial charge is 0.480 e. The molecule has 0 aromatic rings. The van der Waals surface area contributed by atoms with E-state index in [0.717, 1.165) is 0 Å². The third-order valence-electron chi connectivity index (χ3n) is 4.37. The maximum atomic E-state index is 12.1. The van der Waals surface area contributed by atoms with Crippen LogP contribution in [0.1, 0.15) is 25.7 Å². The van der Waals surface area contributed by atoms with Gasteiger partial charge in [-0.1, -0.05) is 0 Å². The summed E-state index contributed by atoms with van der Waals surface area (Å²) in [5, 5.41) is 13.8. The third kappa shape index (κ3) is 4.80. The van der Waals surface area contributed by atoms with Crippen molar-refractivity contribution in [1.29, 1.82) is 0 Å². The Hall–Kier alpha value is -2.91. The molecule has 2 aliphatic rings. The molecule has 1 unspecified atom stereocenters. The Balaban J connectivity index is 1.88. The fraction of sp³-hybridized carbons (Fsp3) is 0.562. The van der Waals surface area contributed by atoms with Crippen LogP contribution in [0.2, 0.25) is 0 Å². The first-order chi connectivity index (χ1) is 12.4. The van der Waals surface area contributed by atoms with Crippen LogP contribution < -0.4 is 10.6 Å². The Morgan fingerprint density at radius 1 is 1.12 bits per heavy atom. The van der Waals surface area contributed by atoms with Crippen molar-refractivity contribution in [2.45, 2.75) is 31.7 Å². The monoisotopic (exact) mass is 366 g/mol. The van der Waals surface area contributed by atoms with Crippen molar-refractivity contribution < 1.29 is 29.1 Å². The summed E-state index contributed by atoms with van der Waals surface area (Å²) in [7, 11) is 0. The molecule has 10 nitrogen and oxygen atoms in total. The van der Waals surface area contributed by atoms with Gasteiger partial charge >= 0.3 is 5.97 Å². The Morgan fingerprint density at radius 2 is 1.88 bits per heavy atom. The third-order valence-corrected chi connectivity index (χ3v) is 4.37. The van der Waals surface area contributed by atoms with Gasteiger partial charge in [-0.15, -0.1) is 0 Å². The zero-order valence-corrected chi connectivity index (χ0v) is 14.3. The van der Waals surface area contributed by atoms with Crippen molar-refractivity contribution in [1.82, 2.24) is 20.4 Å².